The highest BCUT2D eigenvalue weighted by Gasteiger charge is 1.57. The number of hydrogen-bond acceptors (Lipinski definition) is 3. The van der Waals surface area contributed by atoms with Crippen molar-refractivity contribution in [3.63, 3.8) is 0 Å². The van der Waals surface area contributed by atoms with Crippen LogP contribution in [0.4, 0.5) is 0 Å². The molecule has 0 heterocycles. The zero-order chi connectivity index (χ0) is 11.7. The summed E-state index contributed by atoms with van der Waals surface area (Å²) in [6, 6.07) is 12.0. The van der Waals surface area contributed by atoms with E-state index < -0.39 is 0 Å². The lowest BCUT2D eigenvalue weighted by atomic mass is 10.4. The molecule has 0 unspecified atom stereocenters. The monoisotopic (exact) mass is 194 g/mol. The molecule has 0 aliphatic rings. The molecule has 0 amide bonds. The van der Waals surface area contributed by atoms with Gasteiger partial charge in [0, 0.05) is 7.11 Å². The fourth-order valence-corrected chi connectivity index (χ4v) is 0.385. The van der Waals surface area contributed by atoms with Crippen molar-refractivity contribution in [2.45, 2.75) is 0 Å². The summed E-state index contributed by atoms with van der Waals surface area (Å²) in [6.07, 6.45) is 1.00. The Morgan fingerprint density at radius 1 is 0.786 bits per heavy atom. The van der Waals surface area contributed by atoms with E-state index in [2.05, 4.69) is 0 Å². The van der Waals surface area contributed by atoms with Gasteiger partial charge >= 0.3 is 0 Å². The van der Waals surface area contributed by atoms with Crippen LogP contribution in [0.25, 0.3) is 10.8 Å². The third kappa shape index (κ3) is 51.2. The van der Waals surface area contributed by atoms with Gasteiger partial charge in [-0.15, -0.1) is 0 Å². The van der Waals surface area contributed by atoms with Crippen molar-refractivity contribution in [2.24, 2.45) is 0 Å². The maximum atomic E-state index is 8.24. The maximum Gasteiger partial charge on any atom is 0.0319 e. The van der Waals surface area contributed by atoms with Gasteiger partial charge in [0.1, 0.15) is 0 Å². The molecule has 0 aliphatic heterocycles. The van der Waals surface area contributed by atoms with Crippen LogP contribution in [0, 0.1) is 0 Å². The Bertz CT molecular complexity index is 199. The van der Waals surface area contributed by atoms with E-state index in [0.717, 1.165) is 7.11 Å². The van der Waals surface area contributed by atoms with E-state index in [1.807, 2.05) is 36.4 Å². The fraction of sp³-hybridized carbons (Fsp3) is 0.111. The second kappa shape index (κ2) is 30.6. The lowest BCUT2D eigenvalue weighted by molar-refractivity contribution is 0.399. The zero-order valence-corrected chi connectivity index (χ0v) is 7.62. The number of isocyanates is 2. The van der Waals surface area contributed by atoms with E-state index >= 15 is 0 Å². The average Bonchev–Trinajstić information content (AvgIpc) is 2.26. The first-order valence-electron chi connectivity index (χ1n) is 3.30. The van der Waals surface area contributed by atoms with Crippen LogP contribution in [0.3, 0.4) is 0 Å². The molecule has 0 atom stereocenters. The summed E-state index contributed by atoms with van der Waals surface area (Å²) < 4.78 is 0. The Hall–Kier alpha value is -2.06. The predicted octanol–water partition coefficient (Wildman–Crippen LogP) is 1.08. The molecule has 76 valence electrons. The molecule has 0 saturated heterocycles. The van der Waals surface area contributed by atoms with Gasteiger partial charge in [-0.25, -0.2) is 0 Å². The van der Waals surface area contributed by atoms with Gasteiger partial charge in [0.15, 0.2) is 0 Å². The van der Waals surface area contributed by atoms with Gasteiger partial charge in [0.2, 0.25) is 0 Å². The van der Waals surface area contributed by atoms with Crippen LogP contribution in [0.1, 0.15) is 0 Å². The van der Waals surface area contributed by atoms with E-state index in [4.69, 9.17) is 25.5 Å². The van der Waals surface area contributed by atoms with Crippen LogP contribution < -0.4 is 0 Å². The van der Waals surface area contributed by atoms with Gasteiger partial charge in [-0.2, -0.15) is 0 Å². The number of aliphatic hydroxyl groups excluding tert-OH is 1. The highest BCUT2D eigenvalue weighted by Crippen LogP contribution is 1.79. The Kier molecular flexibility index (Phi) is 39.1. The standard InChI is InChI=1S/C6H6.2CNO.CH4O/c1-2-4-6-5-3-1;2*2-1-3;1-2/h1-6H;;;2H,1H3/q;2*-1;. The van der Waals surface area contributed by atoms with Gasteiger partial charge in [-0.05, 0) is 12.2 Å². The van der Waals surface area contributed by atoms with Gasteiger partial charge in [-0.3, -0.25) is 9.59 Å². The Balaban J connectivity index is -0.000000132. The van der Waals surface area contributed by atoms with E-state index in [9.17, 15) is 0 Å². The smallest absolute Gasteiger partial charge is 0.0319 e. The van der Waals surface area contributed by atoms with Gasteiger partial charge < -0.3 is 15.9 Å². The Labute approximate surface area is 82.0 Å². The molecule has 1 N–H and O–H groups in total. The molecule has 5 heteroatoms. The van der Waals surface area contributed by atoms with Gasteiger partial charge in [0.05, 0.1) is 0 Å². The van der Waals surface area contributed by atoms with E-state index in [1.165, 1.54) is 0 Å². The lowest BCUT2D eigenvalue weighted by Crippen LogP contribution is -1.47. The summed E-state index contributed by atoms with van der Waals surface area (Å²) in [6.45, 7) is 0. The second-order valence-electron chi connectivity index (χ2n) is 1.34. The number of aliphatic hydroxyl groups is 1. The molecular formula is C9H10N2O3-2. The summed E-state index contributed by atoms with van der Waals surface area (Å²) in [4.78, 5) is 16.5. The topological polar surface area (TPSA) is 99.0 Å². The number of benzene rings is 1. The van der Waals surface area contributed by atoms with E-state index in [0.29, 0.717) is 12.2 Å². The first-order valence-corrected chi connectivity index (χ1v) is 3.30. The van der Waals surface area contributed by atoms with Crippen molar-refractivity contribution >= 4 is 12.2 Å². The Morgan fingerprint density at radius 2 is 0.857 bits per heavy atom. The molecule has 0 spiro atoms. The number of carbonyl (C=O) groups excluding carboxylic acids is 2. The fourth-order valence-electron chi connectivity index (χ4n) is 0.385. The highest BCUT2D eigenvalue weighted by molar-refractivity contribution is 5.37. The van der Waals surface area contributed by atoms with Crippen LogP contribution >= 0.6 is 0 Å². The number of nitrogens with zero attached hydrogens (tertiary/aromatic N) is 2. The minimum atomic E-state index is 0.500. The average molecular weight is 194 g/mol. The zero-order valence-electron chi connectivity index (χ0n) is 7.62. The Morgan fingerprint density at radius 3 is 0.929 bits per heavy atom. The van der Waals surface area contributed by atoms with Crippen LogP contribution in [0.2, 0.25) is 0 Å². The van der Waals surface area contributed by atoms with Gasteiger partial charge in [-0.1, -0.05) is 36.4 Å². The third-order valence-corrected chi connectivity index (χ3v) is 0.667. The first kappa shape index (κ1) is 17.9. The van der Waals surface area contributed by atoms with Crippen molar-refractivity contribution in [2.75, 3.05) is 7.11 Å². The van der Waals surface area contributed by atoms with Crippen molar-refractivity contribution in [1.82, 2.24) is 0 Å². The lowest BCUT2D eigenvalue weighted by Gasteiger charge is -1.69. The minimum Gasteiger partial charge on any atom is -0.724 e. The molecule has 14 heavy (non-hydrogen) atoms. The molecule has 1 aromatic rings. The summed E-state index contributed by atoms with van der Waals surface area (Å²) in [7, 11) is 1.00. The third-order valence-electron chi connectivity index (χ3n) is 0.667. The van der Waals surface area contributed by atoms with Crippen LogP contribution in [-0.2, 0) is 9.59 Å². The maximum absolute atomic E-state index is 8.24. The second-order valence-corrected chi connectivity index (χ2v) is 1.34. The summed E-state index contributed by atoms with van der Waals surface area (Å²) in [5.41, 5.74) is 0. The van der Waals surface area contributed by atoms with Gasteiger partial charge in [0.25, 0.3) is 0 Å². The molecule has 1 rings (SSSR count). The normalized spacial score (nSPS) is 5.00. The predicted molar refractivity (Wildman–Crippen MR) is 52.7 cm³/mol. The summed E-state index contributed by atoms with van der Waals surface area (Å²) in [5.74, 6) is 0. The summed E-state index contributed by atoms with van der Waals surface area (Å²) >= 11 is 0. The molecule has 0 fully saturated rings. The summed E-state index contributed by atoms with van der Waals surface area (Å²) in [5, 5.41) is 20.5. The van der Waals surface area contributed by atoms with Crippen LogP contribution in [-0.4, -0.2) is 24.4 Å². The molecule has 0 aromatic heterocycles. The molecule has 0 aliphatic carbocycles. The highest BCUT2D eigenvalue weighted by atomic mass is 16.2. The largest absolute Gasteiger partial charge is 0.724 e. The van der Waals surface area contributed by atoms with E-state index in [1.54, 1.807) is 0 Å². The molecular weight excluding hydrogens is 184 g/mol. The minimum absolute atomic E-state index is 0.500. The molecule has 0 radical (unpaired) electrons. The van der Waals surface area contributed by atoms with Crippen molar-refractivity contribution in [3.05, 3.63) is 47.2 Å². The first-order chi connectivity index (χ1) is 6.83. The quantitative estimate of drug-likeness (QED) is 0.494. The van der Waals surface area contributed by atoms with Crippen LogP contribution in [0.15, 0.2) is 36.4 Å². The SMILES string of the molecule is CO.[N-]=C=O.[N-]=C=O.c1ccccc1. The number of hydrogen-bond donors (Lipinski definition) is 1. The van der Waals surface area contributed by atoms with Crippen molar-refractivity contribution < 1.29 is 14.7 Å². The van der Waals surface area contributed by atoms with Crippen LogP contribution in [0.5, 0.6) is 0 Å². The molecule has 0 bridgehead atoms. The number of rotatable bonds is 0. The van der Waals surface area contributed by atoms with Crippen molar-refractivity contribution in [3.8, 4) is 0 Å². The van der Waals surface area contributed by atoms with Crippen molar-refractivity contribution in [1.29, 1.82) is 0 Å². The van der Waals surface area contributed by atoms with E-state index in [-0.39, 0.29) is 0 Å². The molecule has 0 saturated carbocycles. The molecule has 5 nitrogen and oxygen atoms in total. The molecule has 1 aromatic carbocycles.